The Morgan fingerprint density at radius 1 is 1.19 bits per heavy atom. The zero-order valence-electron chi connectivity index (χ0n) is 14.9. The lowest BCUT2D eigenvalue weighted by Gasteiger charge is -2.27. The molecule has 5 nitrogen and oxygen atoms in total. The molecule has 4 rings (SSSR count). The average molecular weight is 369 g/mol. The number of halogens is 1. The van der Waals surface area contributed by atoms with Crippen molar-refractivity contribution in [2.75, 3.05) is 32.1 Å². The number of hydrogen-bond acceptors (Lipinski definition) is 5. The van der Waals surface area contributed by atoms with E-state index in [-0.39, 0.29) is 5.75 Å². The Bertz CT molecular complexity index is 962. The van der Waals surface area contributed by atoms with Gasteiger partial charge in [-0.05, 0) is 50.3 Å². The quantitative estimate of drug-likeness (QED) is 0.762. The number of rotatable bonds is 3. The molecule has 1 fully saturated rings. The van der Waals surface area contributed by atoms with Crippen LogP contribution in [0.25, 0.3) is 22.3 Å². The van der Waals surface area contributed by atoms with Crippen molar-refractivity contribution in [1.82, 2.24) is 14.9 Å². The maximum absolute atomic E-state index is 10.2. The van der Waals surface area contributed by atoms with Gasteiger partial charge >= 0.3 is 0 Å². The summed E-state index contributed by atoms with van der Waals surface area (Å²) in [4.78, 5) is 14.0. The van der Waals surface area contributed by atoms with Crippen LogP contribution in [-0.2, 0) is 0 Å². The second-order valence-corrected chi connectivity index (χ2v) is 7.30. The fraction of sp³-hybridized carbons (Fsp3) is 0.300. The van der Waals surface area contributed by atoms with Crippen LogP contribution in [0.2, 0.25) is 5.02 Å². The number of anilines is 1. The van der Waals surface area contributed by atoms with Crippen LogP contribution in [0, 0.1) is 0 Å². The minimum atomic E-state index is 0.170. The number of aromatic hydroxyl groups is 1. The van der Waals surface area contributed by atoms with Gasteiger partial charge in [0.15, 0.2) is 5.82 Å². The first kappa shape index (κ1) is 17.1. The van der Waals surface area contributed by atoms with Crippen LogP contribution >= 0.6 is 11.6 Å². The van der Waals surface area contributed by atoms with Crippen molar-refractivity contribution in [1.29, 1.82) is 0 Å². The minimum absolute atomic E-state index is 0.170. The molecule has 0 saturated carbocycles. The number of nitrogens with zero attached hydrogens (tertiary/aromatic N) is 4. The average Bonchev–Trinajstić information content (AvgIpc) is 3.06. The van der Waals surface area contributed by atoms with Crippen LogP contribution in [0.1, 0.15) is 6.42 Å². The van der Waals surface area contributed by atoms with Gasteiger partial charge in [-0.2, -0.15) is 0 Å². The van der Waals surface area contributed by atoms with E-state index in [0.29, 0.717) is 22.5 Å². The highest BCUT2D eigenvalue weighted by atomic mass is 35.5. The molecule has 3 aromatic rings. The molecule has 0 bridgehead atoms. The van der Waals surface area contributed by atoms with E-state index in [1.165, 1.54) is 0 Å². The molecule has 1 aromatic heterocycles. The van der Waals surface area contributed by atoms with Crippen molar-refractivity contribution in [3.63, 3.8) is 0 Å². The van der Waals surface area contributed by atoms with E-state index in [0.717, 1.165) is 36.2 Å². The van der Waals surface area contributed by atoms with Gasteiger partial charge in [0, 0.05) is 30.0 Å². The lowest BCUT2D eigenvalue weighted by Crippen LogP contribution is -2.34. The SMILES string of the molecule is CN1CCC(N(C)c2nc(-c3ccccc3O)nc3cc(Cl)ccc23)C1. The molecule has 0 aliphatic carbocycles. The summed E-state index contributed by atoms with van der Waals surface area (Å²) < 4.78 is 0. The Labute approximate surface area is 157 Å². The van der Waals surface area contributed by atoms with Crippen molar-refractivity contribution in [3.8, 4) is 17.1 Å². The fourth-order valence-electron chi connectivity index (χ4n) is 3.54. The number of benzene rings is 2. The molecule has 1 N–H and O–H groups in total. The molecular formula is C20H21ClN4O. The van der Waals surface area contributed by atoms with Gasteiger partial charge in [0.25, 0.3) is 0 Å². The molecule has 26 heavy (non-hydrogen) atoms. The molecule has 1 saturated heterocycles. The third kappa shape index (κ3) is 3.08. The van der Waals surface area contributed by atoms with Crippen LogP contribution in [-0.4, -0.2) is 53.2 Å². The molecule has 1 unspecified atom stereocenters. The molecule has 2 heterocycles. The number of phenols is 1. The summed E-state index contributed by atoms with van der Waals surface area (Å²) in [6.07, 6.45) is 1.10. The van der Waals surface area contributed by atoms with E-state index in [9.17, 15) is 5.11 Å². The van der Waals surface area contributed by atoms with Crippen molar-refractivity contribution >= 4 is 28.3 Å². The number of para-hydroxylation sites is 1. The van der Waals surface area contributed by atoms with E-state index in [1.807, 2.05) is 30.3 Å². The Morgan fingerprint density at radius 2 is 2.00 bits per heavy atom. The summed E-state index contributed by atoms with van der Waals surface area (Å²) >= 11 is 6.20. The molecule has 134 valence electrons. The zero-order valence-corrected chi connectivity index (χ0v) is 15.6. The van der Waals surface area contributed by atoms with Gasteiger partial charge in [0.05, 0.1) is 11.1 Å². The first-order valence-electron chi connectivity index (χ1n) is 8.70. The smallest absolute Gasteiger partial charge is 0.165 e. The lowest BCUT2D eigenvalue weighted by molar-refractivity contribution is 0.409. The normalized spacial score (nSPS) is 17.7. The monoisotopic (exact) mass is 368 g/mol. The number of phenolic OH excluding ortho intramolecular Hbond substituents is 1. The van der Waals surface area contributed by atoms with Gasteiger partial charge in [0.1, 0.15) is 11.6 Å². The molecule has 0 radical (unpaired) electrons. The lowest BCUT2D eigenvalue weighted by atomic mass is 10.1. The Morgan fingerprint density at radius 3 is 2.73 bits per heavy atom. The first-order valence-corrected chi connectivity index (χ1v) is 9.08. The zero-order chi connectivity index (χ0) is 18.3. The van der Waals surface area contributed by atoms with Crippen molar-refractivity contribution in [2.24, 2.45) is 0 Å². The highest BCUT2D eigenvalue weighted by molar-refractivity contribution is 6.31. The molecule has 1 aliphatic heterocycles. The van der Waals surface area contributed by atoms with Crippen molar-refractivity contribution in [2.45, 2.75) is 12.5 Å². The molecule has 0 amide bonds. The molecule has 1 aliphatic rings. The van der Waals surface area contributed by atoms with E-state index >= 15 is 0 Å². The van der Waals surface area contributed by atoms with E-state index in [4.69, 9.17) is 16.6 Å². The van der Waals surface area contributed by atoms with Crippen molar-refractivity contribution < 1.29 is 5.11 Å². The highest BCUT2D eigenvalue weighted by Gasteiger charge is 2.26. The highest BCUT2D eigenvalue weighted by Crippen LogP contribution is 2.33. The standard InChI is InChI=1S/C20H21ClN4O/c1-24-10-9-14(12-24)25(2)20-15-8-7-13(21)11-17(15)22-19(23-20)16-5-3-4-6-18(16)26/h3-8,11,14,26H,9-10,12H2,1-2H3. The van der Waals surface area contributed by atoms with Gasteiger partial charge in [0.2, 0.25) is 0 Å². The van der Waals surface area contributed by atoms with Gasteiger partial charge in [-0.1, -0.05) is 23.7 Å². The van der Waals surface area contributed by atoms with Gasteiger partial charge in [-0.15, -0.1) is 0 Å². The van der Waals surface area contributed by atoms with E-state index in [2.05, 4.69) is 28.9 Å². The van der Waals surface area contributed by atoms with Crippen LogP contribution in [0.4, 0.5) is 5.82 Å². The number of likely N-dealkylation sites (N-methyl/N-ethyl adjacent to an activating group) is 2. The molecular weight excluding hydrogens is 348 g/mol. The summed E-state index contributed by atoms with van der Waals surface area (Å²) in [6.45, 7) is 2.08. The summed E-state index contributed by atoms with van der Waals surface area (Å²) in [5.74, 6) is 1.54. The van der Waals surface area contributed by atoms with Crippen LogP contribution in [0.3, 0.4) is 0 Å². The maximum Gasteiger partial charge on any atom is 0.165 e. The van der Waals surface area contributed by atoms with Crippen LogP contribution in [0.5, 0.6) is 5.75 Å². The van der Waals surface area contributed by atoms with Gasteiger partial charge in [-0.25, -0.2) is 9.97 Å². The predicted molar refractivity (Wildman–Crippen MR) is 106 cm³/mol. The summed E-state index contributed by atoms with van der Waals surface area (Å²) in [5.41, 5.74) is 1.39. The number of hydrogen-bond donors (Lipinski definition) is 1. The second kappa shape index (κ2) is 6.74. The molecule has 0 spiro atoms. The largest absolute Gasteiger partial charge is 0.507 e. The second-order valence-electron chi connectivity index (χ2n) is 6.87. The Balaban J connectivity index is 1.89. The van der Waals surface area contributed by atoms with Crippen LogP contribution < -0.4 is 4.90 Å². The summed E-state index contributed by atoms with van der Waals surface area (Å²) in [5, 5.41) is 11.8. The van der Waals surface area contributed by atoms with E-state index < -0.39 is 0 Å². The molecule has 6 heteroatoms. The van der Waals surface area contributed by atoms with Crippen molar-refractivity contribution in [3.05, 3.63) is 47.5 Å². The first-order chi connectivity index (χ1) is 12.5. The number of aromatic nitrogens is 2. The summed E-state index contributed by atoms with van der Waals surface area (Å²) in [6, 6.07) is 13.2. The van der Waals surface area contributed by atoms with Gasteiger partial charge in [-0.3, -0.25) is 0 Å². The Hall–Kier alpha value is -2.37. The third-order valence-electron chi connectivity index (χ3n) is 5.03. The topological polar surface area (TPSA) is 52.5 Å². The minimum Gasteiger partial charge on any atom is -0.507 e. The Kier molecular flexibility index (Phi) is 4.42. The third-order valence-corrected chi connectivity index (χ3v) is 5.27. The molecule has 2 aromatic carbocycles. The van der Waals surface area contributed by atoms with E-state index in [1.54, 1.807) is 12.1 Å². The maximum atomic E-state index is 10.2. The van der Waals surface area contributed by atoms with Crippen LogP contribution in [0.15, 0.2) is 42.5 Å². The molecule has 1 atom stereocenters. The number of fused-ring (bicyclic) bond motifs is 1. The van der Waals surface area contributed by atoms with Gasteiger partial charge < -0.3 is 14.9 Å². The number of likely N-dealkylation sites (tertiary alicyclic amines) is 1. The predicted octanol–water partition coefficient (Wildman–Crippen LogP) is 3.80. The fourth-order valence-corrected chi connectivity index (χ4v) is 3.71. The summed E-state index contributed by atoms with van der Waals surface area (Å²) in [7, 11) is 4.22.